The fraction of sp³-hybridized carbons (Fsp3) is 0.0870. The molecule has 0 radical (unpaired) electrons. The third-order valence-corrected chi connectivity index (χ3v) is 5.68. The molecule has 0 aromatic heterocycles. The van der Waals surface area contributed by atoms with Crippen LogP contribution in [0.2, 0.25) is 0 Å². The van der Waals surface area contributed by atoms with Gasteiger partial charge in [0.1, 0.15) is 5.04 Å². The van der Waals surface area contributed by atoms with Crippen molar-refractivity contribution >= 4 is 34.3 Å². The van der Waals surface area contributed by atoms with Gasteiger partial charge in [0.15, 0.2) is 0 Å². The molecule has 0 bridgehead atoms. The van der Waals surface area contributed by atoms with Crippen molar-refractivity contribution in [3.8, 4) is 0 Å². The largest absolute Gasteiger partial charge is 0.241 e. The zero-order valence-corrected chi connectivity index (χ0v) is 16.3. The van der Waals surface area contributed by atoms with E-state index in [2.05, 4.69) is 60.9 Å². The van der Waals surface area contributed by atoms with Crippen LogP contribution in [0, 0.1) is 0 Å². The fourth-order valence-electron chi connectivity index (χ4n) is 2.30. The van der Waals surface area contributed by atoms with Crippen molar-refractivity contribution < 1.29 is 0 Å². The van der Waals surface area contributed by atoms with Crippen molar-refractivity contribution in [1.29, 1.82) is 0 Å². The standard InChI is InChI=1S/C23H21NS2/c1-2-19(18-25-21-14-8-4-9-15-21)23(24-20-12-6-3-7-13-20)26-22-16-10-5-11-17-22/h3-18H,2H2,1H3/b19-18+,24-23+. The molecular formula is C23H21NS2. The number of para-hydroxylation sites is 1. The molecule has 0 aliphatic rings. The number of hydrogen-bond acceptors (Lipinski definition) is 3. The molecule has 0 spiro atoms. The highest BCUT2D eigenvalue weighted by molar-refractivity contribution is 8.14. The third-order valence-electron chi connectivity index (χ3n) is 3.68. The average molecular weight is 376 g/mol. The van der Waals surface area contributed by atoms with Gasteiger partial charge >= 0.3 is 0 Å². The molecule has 0 aliphatic carbocycles. The summed E-state index contributed by atoms with van der Waals surface area (Å²) < 4.78 is 0. The van der Waals surface area contributed by atoms with E-state index < -0.39 is 0 Å². The van der Waals surface area contributed by atoms with Gasteiger partial charge < -0.3 is 0 Å². The highest BCUT2D eigenvalue weighted by Gasteiger charge is 2.09. The Morgan fingerprint density at radius 2 is 1.31 bits per heavy atom. The molecule has 26 heavy (non-hydrogen) atoms. The van der Waals surface area contributed by atoms with E-state index in [1.807, 2.05) is 42.5 Å². The topological polar surface area (TPSA) is 12.4 Å². The molecule has 0 unspecified atom stereocenters. The van der Waals surface area contributed by atoms with Gasteiger partial charge in [-0.05, 0) is 53.8 Å². The lowest BCUT2D eigenvalue weighted by molar-refractivity contribution is 1.18. The molecule has 3 heteroatoms. The molecule has 0 heterocycles. The molecule has 0 saturated carbocycles. The van der Waals surface area contributed by atoms with E-state index in [1.165, 1.54) is 15.4 Å². The first kappa shape index (κ1) is 18.6. The number of hydrogen-bond donors (Lipinski definition) is 0. The summed E-state index contributed by atoms with van der Waals surface area (Å²) >= 11 is 3.47. The van der Waals surface area contributed by atoms with E-state index in [1.54, 1.807) is 23.5 Å². The van der Waals surface area contributed by atoms with Gasteiger partial charge in [0.25, 0.3) is 0 Å². The predicted octanol–water partition coefficient (Wildman–Crippen LogP) is 7.60. The molecule has 1 nitrogen and oxygen atoms in total. The van der Waals surface area contributed by atoms with Crippen LogP contribution >= 0.6 is 23.5 Å². The van der Waals surface area contributed by atoms with Crippen LogP contribution in [-0.2, 0) is 0 Å². The molecule has 0 N–H and O–H groups in total. The zero-order chi connectivity index (χ0) is 18.0. The first-order chi connectivity index (χ1) is 12.8. The zero-order valence-electron chi connectivity index (χ0n) is 14.7. The number of nitrogens with zero attached hydrogens (tertiary/aromatic N) is 1. The molecule has 3 aromatic carbocycles. The van der Waals surface area contributed by atoms with Gasteiger partial charge in [-0.15, -0.1) is 0 Å². The Hall–Kier alpha value is -2.23. The molecule has 0 saturated heterocycles. The summed E-state index contributed by atoms with van der Waals surface area (Å²) in [5.74, 6) is 0. The maximum absolute atomic E-state index is 4.94. The van der Waals surface area contributed by atoms with E-state index in [-0.39, 0.29) is 0 Å². The summed E-state index contributed by atoms with van der Waals surface area (Å²) in [4.78, 5) is 7.37. The lowest BCUT2D eigenvalue weighted by Gasteiger charge is -2.10. The molecule has 130 valence electrons. The minimum atomic E-state index is 0.936. The van der Waals surface area contributed by atoms with Crippen LogP contribution in [0.1, 0.15) is 13.3 Å². The Morgan fingerprint density at radius 3 is 1.88 bits per heavy atom. The lowest BCUT2D eigenvalue weighted by Crippen LogP contribution is -1.97. The van der Waals surface area contributed by atoms with E-state index >= 15 is 0 Å². The second kappa shape index (κ2) is 10.0. The molecular weight excluding hydrogens is 354 g/mol. The summed E-state index contributed by atoms with van der Waals surface area (Å²) in [6, 6.07) is 31.0. The van der Waals surface area contributed by atoms with Gasteiger partial charge in [-0.25, -0.2) is 4.99 Å². The van der Waals surface area contributed by atoms with Gasteiger partial charge in [0.2, 0.25) is 0 Å². The summed E-state index contributed by atoms with van der Waals surface area (Å²) in [7, 11) is 0. The van der Waals surface area contributed by atoms with Crippen LogP contribution in [0.5, 0.6) is 0 Å². The predicted molar refractivity (Wildman–Crippen MR) is 117 cm³/mol. The summed E-state index contributed by atoms with van der Waals surface area (Å²) in [6.45, 7) is 2.18. The van der Waals surface area contributed by atoms with Crippen molar-refractivity contribution in [2.45, 2.75) is 23.1 Å². The second-order valence-corrected chi connectivity index (χ2v) is 7.60. The van der Waals surface area contributed by atoms with Crippen molar-refractivity contribution in [3.63, 3.8) is 0 Å². The van der Waals surface area contributed by atoms with Crippen LogP contribution in [0.3, 0.4) is 0 Å². The van der Waals surface area contributed by atoms with Crippen LogP contribution in [0.4, 0.5) is 5.69 Å². The monoisotopic (exact) mass is 375 g/mol. The molecule has 3 aromatic rings. The van der Waals surface area contributed by atoms with Crippen LogP contribution in [-0.4, -0.2) is 5.04 Å². The van der Waals surface area contributed by atoms with Crippen molar-refractivity contribution in [3.05, 3.63) is 102 Å². The Kier molecular flexibility index (Phi) is 7.17. The number of aliphatic imine (C=N–C) groups is 1. The van der Waals surface area contributed by atoms with Gasteiger partial charge in [-0.1, -0.05) is 85.0 Å². The van der Waals surface area contributed by atoms with Gasteiger partial charge in [-0.3, -0.25) is 0 Å². The van der Waals surface area contributed by atoms with Gasteiger partial charge in [-0.2, -0.15) is 0 Å². The number of thioether (sulfide) groups is 2. The van der Waals surface area contributed by atoms with Gasteiger partial charge in [0.05, 0.1) is 5.69 Å². The first-order valence-electron chi connectivity index (χ1n) is 8.63. The Balaban J connectivity index is 1.91. The summed E-state index contributed by atoms with van der Waals surface area (Å²) in [6.07, 6.45) is 0.936. The van der Waals surface area contributed by atoms with E-state index in [0.717, 1.165) is 17.2 Å². The number of benzene rings is 3. The van der Waals surface area contributed by atoms with E-state index in [0.29, 0.717) is 0 Å². The molecule has 0 fully saturated rings. The van der Waals surface area contributed by atoms with E-state index in [9.17, 15) is 0 Å². The molecule has 0 aliphatic heterocycles. The third kappa shape index (κ3) is 5.65. The average Bonchev–Trinajstić information content (AvgIpc) is 2.71. The fourth-order valence-corrected chi connectivity index (χ4v) is 4.25. The Labute approximate surface area is 164 Å². The highest BCUT2D eigenvalue weighted by atomic mass is 32.2. The summed E-state index contributed by atoms with van der Waals surface area (Å²) in [5, 5.41) is 3.28. The number of rotatable bonds is 6. The van der Waals surface area contributed by atoms with Gasteiger partial charge in [0, 0.05) is 9.79 Å². The minimum absolute atomic E-state index is 0.936. The van der Waals surface area contributed by atoms with Crippen LogP contribution in [0.15, 0.2) is 117 Å². The highest BCUT2D eigenvalue weighted by Crippen LogP contribution is 2.30. The Bertz CT molecular complexity index is 856. The van der Waals surface area contributed by atoms with Crippen molar-refractivity contribution in [2.75, 3.05) is 0 Å². The SMILES string of the molecule is CCC(=C\Sc1ccccc1)/C(=N\c1ccccc1)Sc1ccccc1. The Morgan fingerprint density at radius 1 is 0.769 bits per heavy atom. The van der Waals surface area contributed by atoms with Crippen LogP contribution < -0.4 is 0 Å². The molecule has 3 rings (SSSR count). The lowest BCUT2D eigenvalue weighted by atomic mass is 10.2. The van der Waals surface area contributed by atoms with Crippen molar-refractivity contribution in [2.24, 2.45) is 4.99 Å². The van der Waals surface area contributed by atoms with Crippen molar-refractivity contribution in [1.82, 2.24) is 0 Å². The quantitative estimate of drug-likeness (QED) is 0.250. The molecule has 0 atom stereocenters. The summed E-state index contributed by atoms with van der Waals surface area (Å²) in [5.41, 5.74) is 2.23. The second-order valence-electron chi connectivity index (χ2n) is 5.60. The smallest absolute Gasteiger partial charge is 0.105 e. The van der Waals surface area contributed by atoms with Crippen LogP contribution in [0.25, 0.3) is 0 Å². The molecule has 0 amide bonds. The maximum Gasteiger partial charge on any atom is 0.105 e. The minimum Gasteiger partial charge on any atom is -0.241 e. The first-order valence-corrected chi connectivity index (χ1v) is 10.3. The normalized spacial score (nSPS) is 12.2. The van der Waals surface area contributed by atoms with E-state index in [4.69, 9.17) is 4.99 Å². The maximum atomic E-state index is 4.94.